The van der Waals surface area contributed by atoms with E-state index in [1.165, 1.54) is 0 Å². The van der Waals surface area contributed by atoms with Gasteiger partial charge in [-0.2, -0.15) is 11.8 Å². The topological polar surface area (TPSA) is 64.2 Å². The molecular formula is C26H25N5OS. The average molecular weight is 456 g/mol. The molecule has 2 aromatic carbocycles. The number of hydrogen-bond donors (Lipinski definition) is 1. The van der Waals surface area contributed by atoms with Gasteiger partial charge < -0.3 is 9.88 Å². The summed E-state index contributed by atoms with van der Waals surface area (Å²) in [6, 6.07) is 25.9. The first-order valence-electron chi connectivity index (χ1n) is 11.0. The van der Waals surface area contributed by atoms with Crippen molar-refractivity contribution in [3.63, 3.8) is 0 Å². The molecule has 0 aliphatic rings. The number of amides is 1. The lowest BCUT2D eigenvalue weighted by molar-refractivity contribution is 0.0925. The number of carbonyl (C=O) groups is 1. The molecular weight excluding hydrogens is 430 g/mol. The van der Waals surface area contributed by atoms with Gasteiger partial charge in [-0.1, -0.05) is 54.6 Å². The van der Waals surface area contributed by atoms with E-state index in [9.17, 15) is 4.79 Å². The number of fused-ring (bicyclic) bond motifs is 2. The molecule has 0 radical (unpaired) electrons. The lowest BCUT2D eigenvalue weighted by atomic mass is 10.2. The van der Waals surface area contributed by atoms with Crippen LogP contribution in [0, 0.1) is 0 Å². The summed E-state index contributed by atoms with van der Waals surface area (Å²) < 4.78 is 4.04. The zero-order chi connectivity index (χ0) is 22.6. The average Bonchev–Trinajstić information content (AvgIpc) is 3.44. The second-order valence-corrected chi connectivity index (χ2v) is 8.94. The molecule has 5 rings (SSSR count). The summed E-state index contributed by atoms with van der Waals surface area (Å²) in [7, 11) is 0. The minimum absolute atomic E-state index is 0.110. The Bertz CT molecular complexity index is 1390. The first kappa shape index (κ1) is 21.3. The zero-order valence-corrected chi connectivity index (χ0v) is 19.2. The summed E-state index contributed by atoms with van der Waals surface area (Å²) >= 11 is 1.75. The van der Waals surface area contributed by atoms with Crippen LogP contribution in [0.4, 0.5) is 0 Å². The van der Waals surface area contributed by atoms with Crippen LogP contribution in [0.15, 0.2) is 85.1 Å². The number of benzene rings is 2. The molecule has 0 spiro atoms. The molecule has 0 saturated heterocycles. The third-order valence-electron chi connectivity index (χ3n) is 5.79. The Kier molecular flexibility index (Phi) is 6.13. The van der Waals surface area contributed by atoms with Gasteiger partial charge in [0.25, 0.3) is 5.91 Å². The molecule has 5 aromatic rings. The van der Waals surface area contributed by atoms with Crippen molar-refractivity contribution in [3.05, 3.63) is 102 Å². The molecule has 7 heteroatoms. The highest BCUT2D eigenvalue weighted by Gasteiger charge is 2.23. The van der Waals surface area contributed by atoms with Crippen LogP contribution in [0.2, 0.25) is 0 Å². The normalized spacial score (nSPS) is 12.3. The number of thioether (sulfide) groups is 1. The van der Waals surface area contributed by atoms with E-state index in [0.29, 0.717) is 12.2 Å². The van der Waals surface area contributed by atoms with Gasteiger partial charge in [0.05, 0.1) is 6.04 Å². The van der Waals surface area contributed by atoms with Crippen LogP contribution in [0.3, 0.4) is 0 Å². The molecule has 166 valence electrons. The highest BCUT2D eigenvalue weighted by molar-refractivity contribution is 7.98. The molecule has 0 fully saturated rings. The Labute approximate surface area is 196 Å². The molecule has 1 atom stereocenters. The van der Waals surface area contributed by atoms with Gasteiger partial charge in [-0.3, -0.25) is 9.20 Å². The standard InChI is InChI=1S/C26H25N5OS/c1-33-16-14-21(25-29-28-24-13-7-8-15-30(24)25)27-26(32)23-17-20-11-5-6-12-22(20)31(23)18-19-9-3-2-4-10-19/h2-13,15,17,21H,14,16,18H2,1H3,(H,27,32). The summed E-state index contributed by atoms with van der Waals surface area (Å²) in [5.41, 5.74) is 3.60. The number of nitrogens with one attached hydrogen (secondary N) is 1. The molecule has 0 bridgehead atoms. The largest absolute Gasteiger partial charge is 0.341 e. The quantitative estimate of drug-likeness (QED) is 0.359. The number of nitrogens with zero attached hydrogens (tertiary/aromatic N) is 4. The number of aromatic nitrogens is 4. The molecule has 3 aromatic heterocycles. The SMILES string of the molecule is CSCCC(NC(=O)c1cc2ccccc2n1Cc1ccccc1)c1nnc2ccccn12. The van der Waals surface area contributed by atoms with Crippen LogP contribution in [-0.4, -0.2) is 37.1 Å². The number of rotatable bonds is 8. The van der Waals surface area contributed by atoms with Crippen molar-refractivity contribution < 1.29 is 4.79 Å². The smallest absolute Gasteiger partial charge is 0.268 e. The minimum Gasteiger partial charge on any atom is -0.341 e. The van der Waals surface area contributed by atoms with E-state index in [4.69, 9.17) is 0 Å². The van der Waals surface area contributed by atoms with E-state index in [-0.39, 0.29) is 11.9 Å². The van der Waals surface area contributed by atoms with Gasteiger partial charge in [0, 0.05) is 23.6 Å². The fraction of sp³-hybridized carbons (Fsp3) is 0.192. The van der Waals surface area contributed by atoms with Gasteiger partial charge in [0.2, 0.25) is 0 Å². The van der Waals surface area contributed by atoms with Crippen molar-refractivity contribution in [2.24, 2.45) is 0 Å². The van der Waals surface area contributed by atoms with Gasteiger partial charge in [0.1, 0.15) is 5.69 Å². The second-order valence-electron chi connectivity index (χ2n) is 7.95. The number of pyridine rings is 1. The summed E-state index contributed by atoms with van der Waals surface area (Å²) in [5, 5.41) is 13.0. The van der Waals surface area contributed by atoms with Gasteiger partial charge in [-0.25, -0.2) is 0 Å². The van der Waals surface area contributed by atoms with E-state index in [1.54, 1.807) is 11.8 Å². The molecule has 1 unspecified atom stereocenters. The Hall–Kier alpha value is -3.58. The summed E-state index contributed by atoms with van der Waals surface area (Å²) in [5.74, 6) is 1.54. The fourth-order valence-corrected chi connectivity index (χ4v) is 4.64. The third-order valence-corrected chi connectivity index (χ3v) is 6.44. The molecule has 3 heterocycles. The molecule has 6 nitrogen and oxygen atoms in total. The van der Waals surface area contributed by atoms with E-state index in [1.807, 2.05) is 71.3 Å². The monoisotopic (exact) mass is 455 g/mol. The summed E-state index contributed by atoms with van der Waals surface area (Å²) in [6.45, 7) is 0.625. The Balaban J connectivity index is 1.51. The third kappa shape index (κ3) is 4.36. The van der Waals surface area contributed by atoms with Crippen molar-refractivity contribution in [3.8, 4) is 0 Å². The van der Waals surface area contributed by atoms with Crippen LogP contribution >= 0.6 is 11.8 Å². The predicted octanol–water partition coefficient (Wildman–Crippen LogP) is 4.96. The van der Waals surface area contributed by atoms with Crippen molar-refractivity contribution in [1.82, 2.24) is 24.5 Å². The van der Waals surface area contributed by atoms with Crippen LogP contribution in [0.25, 0.3) is 16.6 Å². The number of carbonyl (C=O) groups excluding carboxylic acids is 1. The highest BCUT2D eigenvalue weighted by Crippen LogP contribution is 2.24. The lowest BCUT2D eigenvalue weighted by Crippen LogP contribution is -2.32. The molecule has 1 amide bonds. The highest BCUT2D eigenvalue weighted by atomic mass is 32.2. The van der Waals surface area contributed by atoms with Gasteiger partial charge in [0.15, 0.2) is 11.5 Å². The van der Waals surface area contributed by atoms with Gasteiger partial charge >= 0.3 is 0 Å². The Morgan fingerprint density at radius 3 is 2.64 bits per heavy atom. The maximum atomic E-state index is 13.6. The van der Waals surface area contributed by atoms with Crippen molar-refractivity contribution >= 4 is 34.2 Å². The molecule has 33 heavy (non-hydrogen) atoms. The van der Waals surface area contributed by atoms with Crippen molar-refractivity contribution in [2.45, 2.75) is 19.0 Å². The van der Waals surface area contributed by atoms with Crippen LogP contribution in [-0.2, 0) is 6.54 Å². The predicted molar refractivity (Wildman–Crippen MR) is 134 cm³/mol. The van der Waals surface area contributed by atoms with Crippen molar-refractivity contribution in [1.29, 1.82) is 0 Å². The van der Waals surface area contributed by atoms with Crippen LogP contribution in [0.1, 0.15) is 34.3 Å². The zero-order valence-electron chi connectivity index (χ0n) is 18.4. The second kappa shape index (κ2) is 9.50. The summed E-state index contributed by atoms with van der Waals surface area (Å²) in [6.07, 6.45) is 4.77. The molecule has 1 N–H and O–H groups in total. The van der Waals surface area contributed by atoms with E-state index in [0.717, 1.165) is 40.1 Å². The number of hydrogen-bond acceptors (Lipinski definition) is 4. The first-order chi connectivity index (χ1) is 16.2. The van der Waals surface area contributed by atoms with Crippen molar-refractivity contribution in [2.75, 3.05) is 12.0 Å². The minimum atomic E-state index is -0.245. The van der Waals surface area contributed by atoms with E-state index in [2.05, 4.69) is 44.5 Å². The van der Waals surface area contributed by atoms with E-state index >= 15 is 0 Å². The van der Waals surface area contributed by atoms with Crippen LogP contribution in [0.5, 0.6) is 0 Å². The van der Waals surface area contributed by atoms with E-state index < -0.39 is 0 Å². The lowest BCUT2D eigenvalue weighted by Gasteiger charge is -2.18. The fourth-order valence-electron chi connectivity index (χ4n) is 4.17. The first-order valence-corrected chi connectivity index (χ1v) is 12.4. The van der Waals surface area contributed by atoms with Gasteiger partial charge in [-0.05, 0) is 48.3 Å². The Morgan fingerprint density at radius 1 is 1.00 bits per heavy atom. The molecule has 0 saturated carbocycles. The number of para-hydroxylation sites is 1. The van der Waals surface area contributed by atoms with Gasteiger partial charge in [-0.15, -0.1) is 10.2 Å². The Morgan fingerprint density at radius 2 is 1.79 bits per heavy atom. The van der Waals surface area contributed by atoms with Crippen LogP contribution < -0.4 is 5.32 Å². The molecule has 0 aliphatic heterocycles. The maximum absolute atomic E-state index is 13.6. The molecule has 0 aliphatic carbocycles. The maximum Gasteiger partial charge on any atom is 0.268 e. The summed E-state index contributed by atoms with van der Waals surface area (Å²) in [4.78, 5) is 13.6.